The fourth-order valence-electron chi connectivity index (χ4n) is 5.41. The number of halogens is 1. The van der Waals surface area contributed by atoms with Crippen LogP contribution in [0, 0.1) is 29.5 Å². The van der Waals surface area contributed by atoms with Crippen molar-refractivity contribution in [2.75, 3.05) is 19.0 Å². The fraction of sp³-hybridized carbons (Fsp3) is 0.462. The maximum Gasteiger partial charge on any atom is 0.341 e. The summed E-state index contributed by atoms with van der Waals surface area (Å²) in [5.41, 5.74) is 0.324. The third-order valence-corrected chi connectivity index (χ3v) is 8.95. The van der Waals surface area contributed by atoms with Gasteiger partial charge in [-0.2, -0.15) is 0 Å². The van der Waals surface area contributed by atoms with Crippen molar-refractivity contribution >= 4 is 40.0 Å². The number of benzene rings is 1. The van der Waals surface area contributed by atoms with Gasteiger partial charge in [0.2, 0.25) is 17.7 Å². The van der Waals surface area contributed by atoms with E-state index in [0.717, 1.165) is 4.88 Å². The molecule has 2 heterocycles. The zero-order valence-electron chi connectivity index (χ0n) is 20.5. The molecule has 35 heavy (non-hydrogen) atoms. The molecule has 3 amide bonds. The fourth-order valence-corrected chi connectivity index (χ4v) is 6.49. The third kappa shape index (κ3) is 3.95. The second kappa shape index (κ2) is 8.86. The van der Waals surface area contributed by atoms with Gasteiger partial charge in [-0.15, -0.1) is 11.3 Å². The summed E-state index contributed by atoms with van der Waals surface area (Å²) in [4.78, 5) is 53.7. The van der Waals surface area contributed by atoms with Crippen molar-refractivity contribution in [3.63, 3.8) is 0 Å². The van der Waals surface area contributed by atoms with Gasteiger partial charge in [-0.1, -0.05) is 32.9 Å². The number of imide groups is 1. The number of nitrogens with zero attached hydrogens (tertiary/aromatic N) is 1. The average molecular weight is 501 g/mol. The largest absolute Gasteiger partial charge is 0.465 e. The van der Waals surface area contributed by atoms with Gasteiger partial charge in [0, 0.05) is 29.3 Å². The number of carbonyl (C=O) groups is 4. The van der Waals surface area contributed by atoms with E-state index in [1.54, 1.807) is 19.1 Å². The van der Waals surface area contributed by atoms with Crippen LogP contribution in [0.3, 0.4) is 0 Å². The second-order valence-corrected chi connectivity index (χ2v) is 11.2. The first-order chi connectivity index (χ1) is 16.4. The van der Waals surface area contributed by atoms with E-state index in [1.807, 2.05) is 20.8 Å². The van der Waals surface area contributed by atoms with E-state index in [4.69, 9.17) is 4.74 Å². The van der Waals surface area contributed by atoms with Crippen LogP contribution in [0.2, 0.25) is 0 Å². The number of likely N-dealkylation sites (tertiary alicyclic amines) is 1. The molecule has 1 aromatic heterocycles. The standard InChI is InChI=1S/C26H29FN2O5S/c1-14-19(15-6-8-16(27)9-7-15)20(23(32)34-5)21(35-14)28-18(30)11-13-29-22(31)17-10-12-26(4,24(29)33)25(17,2)3/h6-9,17H,10-13H2,1-5H3,(H,28,30). The highest BCUT2D eigenvalue weighted by Gasteiger charge is 2.64. The number of thiophene rings is 1. The number of methoxy groups -OCH3 is 1. The van der Waals surface area contributed by atoms with Crippen molar-refractivity contribution in [1.82, 2.24) is 4.90 Å². The van der Waals surface area contributed by atoms with Gasteiger partial charge < -0.3 is 10.1 Å². The molecule has 1 aliphatic heterocycles. The minimum atomic E-state index is -0.630. The van der Waals surface area contributed by atoms with Crippen LogP contribution >= 0.6 is 11.3 Å². The van der Waals surface area contributed by atoms with Gasteiger partial charge in [-0.25, -0.2) is 9.18 Å². The van der Waals surface area contributed by atoms with Crippen LogP contribution in [0.15, 0.2) is 24.3 Å². The monoisotopic (exact) mass is 500 g/mol. The molecule has 2 atom stereocenters. The van der Waals surface area contributed by atoms with Crippen molar-refractivity contribution in [2.24, 2.45) is 16.7 Å². The molecule has 2 bridgehead atoms. The van der Waals surface area contributed by atoms with Crippen LogP contribution in [0.5, 0.6) is 0 Å². The molecule has 2 aromatic rings. The van der Waals surface area contributed by atoms with Gasteiger partial charge in [0.25, 0.3) is 0 Å². The van der Waals surface area contributed by atoms with E-state index in [9.17, 15) is 23.6 Å². The summed E-state index contributed by atoms with van der Waals surface area (Å²) in [6.45, 7) is 7.62. The SMILES string of the molecule is COC(=O)c1c(NC(=O)CCN2C(=O)C3CCC(C)(C2=O)C3(C)C)sc(C)c1-c1ccc(F)cc1. The van der Waals surface area contributed by atoms with E-state index >= 15 is 0 Å². The van der Waals surface area contributed by atoms with E-state index in [-0.39, 0.29) is 36.3 Å². The molecule has 2 aliphatic rings. The Labute approximate surface area is 207 Å². The number of hydrogen-bond donors (Lipinski definition) is 1. The van der Waals surface area contributed by atoms with Crippen LogP contribution < -0.4 is 5.32 Å². The molecule has 0 spiro atoms. The van der Waals surface area contributed by atoms with Crippen molar-refractivity contribution in [1.29, 1.82) is 0 Å². The highest BCUT2D eigenvalue weighted by Crippen LogP contribution is 2.60. The highest BCUT2D eigenvalue weighted by molar-refractivity contribution is 7.17. The molecule has 1 N–H and O–H groups in total. The van der Waals surface area contributed by atoms with E-state index in [2.05, 4.69) is 5.32 Å². The van der Waals surface area contributed by atoms with Crippen LogP contribution in [0.4, 0.5) is 9.39 Å². The molecular formula is C26H29FN2O5S. The predicted octanol–water partition coefficient (Wildman–Crippen LogP) is 4.79. The number of aryl methyl sites for hydroxylation is 1. The predicted molar refractivity (Wildman–Crippen MR) is 130 cm³/mol. The molecule has 1 saturated carbocycles. The lowest BCUT2D eigenvalue weighted by Gasteiger charge is -2.47. The Balaban J connectivity index is 1.53. The van der Waals surface area contributed by atoms with E-state index in [1.165, 1.54) is 35.5 Å². The maximum atomic E-state index is 13.4. The summed E-state index contributed by atoms with van der Waals surface area (Å²) in [5.74, 6) is -2.14. The molecule has 2 unspecified atom stereocenters. The number of amides is 3. The van der Waals surface area contributed by atoms with Gasteiger partial charge in [0.1, 0.15) is 16.4 Å². The highest BCUT2D eigenvalue weighted by atomic mass is 32.1. The van der Waals surface area contributed by atoms with E-state index < -0.39 is 28.5 Å². The Morgan fingerprint density at radius 2 is 1.86 bits per heavy atom. The Hall–Kier alpha value is -3.07. The van der Waals surface area contributed by atoms with Crippen LogP contribution in [-0.2, 0) is 19.1 Å². The molecule has 7 nitrogen and oxygen atoms in total. The Morgan fingerprint density at radius 1 is 1.20 bits per heavy atom. The number of carbonyl (C=O) groups excluding carboxylic acids is 4. The van der Waals surface area contributed by atoms with Crippen LogP contribution in [0.25, 0.3) is 11.1 Å². The summed E-state index contributed by atoms with van der Waals surface area (Å²) in [5, 5.41) is 3.07. The number of fused-ring (bicyclic) bond motifs is 2. The molecule has 0 radical (unpaired) electrons. The Morgan fingerprint density at radius 3 is 2.49 bits per heavy atom. The average Bonchev–Trinajstić information content (AvgIpc) is 3.22. The van der Waals surface area contributed by atoms with Gasteiger partial charge in [-0.3, -0.25) is 19.3 Å². The van der Waals surface area contributed by atoms with E-state index in [0.29, 0.717) is 29.0 Å². The van der Waals surface area contributed by atoms with Crippen LogP contribution in [-0.4, -0.2) is 42.2 Å². The minimum Gasteiger partial charge on any atom is -0.465 e. The summed E-state index contributed by atoms with van der Waals surface area (Å²) in [6, 6.07) is 5.72. The van der Waals surface area contributed by atoms with Gasteiger partial charge in [-0.05, 0) is 42.9 Å². The number of ether oxygens (including phenoxy) is 1. The van der Waals surface area contributed by atoms with Crippen LogP contribution in [0.1, 0.15) is 55.3 Å². The van der Waals surface area contributed by atoms with Gasteiger partial charge in [0.15, 0.2) is 0 Å². The Kier molecular flexibility index (Phi) is 6.34. The van der Waals surface area contributed by atoms with Crippen molar-refractivity contribution < 1.29 is 28.3 Å². The van der Waals surface area contributed by atoms with Crippen molar-refractivity contribution in [3.05, 3.63) is 40.5 Å². The first-order valence-corrected chi connectivity index (χ1v) is 12.4. The number of esters is 1. The zero-order chi connectivity index (χ0) is 25.7. The lowest BCUT2D eigenvalue weighted by Crippen LogP contribution is -2.59. The topological polar surface area (TPSA) is 92.8 Å². The Bertz CT molecular complexity index is 1220. The number of piperidine rings is 1. The van der Waals surface area contributed by atoms with Crippen molar-refractivity contribution in [2.45, 2.75) is 47.0 Å². The molecule has 2 fully saturated rings. The molecule has 9 heteroatoms. The normalized spacial score (nSPS) is 22.9. The maximum absolute atomic E-state index is 13.4. The molecule has 4 rings (SSSR count). The summed E-state index contributed by atoms with van der Waals surface area (Å²) >= 11 is 1.21. The second-order valence-electron chi connectivity index (χ2n) is 9.97. The summed E-state index contributed by atoms with van der Waals surface area (Å²) in [6.07, 6.45) is 1.23. The number of hydrogen-bond acceptors (Lipinski definition) is 6. The molecule has 1 aromatic carbocycles. The lowest BCUT2D eigenvalue weighted by molar-refractivity contribution is -0.167. The molecule has 1 aliphatic carbocycles. The minimum absolute atomic E-state index is 0.0194. The zero-order valence-corrected chi connectivity index (χ0v) is 21.3. The quantitative estimate of drug-likeness (QED) is 0.455. The summed E-state index contributed by atoms with van der Waals surface area (Å²) < 4.78 is 18.4. The molecular weight excluding hydrogens is 471 g/mol. The lowest BCUT2D eigenvalue weighted by atomic mass is 9.62. The summed E-state index contributed by atoms with van der Waals surface area (Å²) in [7, 11) is 1.25. The number of anilines is 1. The number of nitrogens with one attached hydrogen (secondary N) is 1. The van der Waals surface area contributed by atoms with Gasteiger partial charge >= 0.3 is 5.97 Å². The molecule has 1 saturated heterocycles. The first-order valence-electron chi connectivity index (χ1n) is 11.6. The van der Waals surface area contributed by atoms with Crippen molar-refractivity contribution in [3.8, 4) is 11.1 Å². The van der Waals surface area contributed by atoms with Gasteiger partial charge in [0.05, 0.1) is 12.5 Å². The smallest absolute Gasteiger partial charge is 0.341 e. The third-order valence-electron chi connectivity index (χ3n) is 7.93. The molecule has 186 valence electrons. The first kappa shape index (κ1) is 25.0. The number of rotatable bonds is 6.